The van der Waals surface area contributed by atoms with Crippen molar-refractivity contribution < 1.29 is 24.1 Å². The van der Waals surface area contributed by atoms with Gasteiger partial charge in [-0.2, -0.15) is 5.10 Å². The van der Waals surface area contributed by atoms with Crippen molar-refractivity contribution in [3.63, 3.8) is 0 Å². The first-order valence-electron chi connectivity index (χ1n) is 7.42. The van der Waals surface area contributed by atoms with Crippen molar-refractivity contribution in [2.75, 3.05) is 13.7 Å². The number of rotatable bonds is 8. The summed E-state index contributed by atoms with van der Waals surface area (Å²) in [4.78, 5) is 32.1. The highest BCUT2D eigenvalue weighted by Crippen LogP contribution is 2.22. The van der Waals surface area contributed by atoms with Crippen molar-refractivity contribution in [2.45, 2.75) is 0 Å². The topological polar surface area (TPSA) is 146 Å². The molecule has 0 fully saturated rings. The van der Waals surface area contributed by atoms with Gasteiger partial charge in [-0.05, 0) is 12.1 Å². The Kier molecular flexibility index (Phi) is 6.36. The molecule has 0 spiro atoms. The van der Waals surface area contributed by atoms with Gasteiger partial charge in [0, 0.05) is 23.8 Å². The van der Waals surface area contributed by atoms with Crippen LogP contribution < -0.4 is 14.9 Å². The second-order valence-corrected chi connectivity index (χ2v) is 5.02. The number of ether oxygens (including phenoxy) is 2. The number of nitro benzene ring substituents is 2. The molecule has 140 valence electrons. The zero-order chi connectivity index (χ0) is 19.8. The van der Waals surface area contributed by atoms with Gasteiger partial charge >= 0.3 is 0 Å². The molecule has 1 N–H and O–H groups in total. The van der Waals surface area contributed by atoms with Crippen molar-refractivity contribution in [3.8, 4) is 11.5 Å². The number of hydrogen-bond donors (Lipinski definition) is 1. The summed E-state index contributed by atoms with van der Waals surface area (Å²) in [5, 5.41) is 25.2. The van der Waals surface area contributed by atoms with Gasteiger partial charge in [-0.15, -0.1) is 0 Å². The van der Waals surface area contributed by atoms with Crippen LogP contribution in [-0.2, 0) is 4.79 Å². The van der Waals surface area contributed by atoms with Crippen molar-refractivity contribution in [1.82, 2.24) is 5.43 Å². The van der Waals surface area contributed by atoms with E-state index in [1.54, 1.807) is 0 Å². The van der Waals surface area contributed by atoms with E-state index in [1.165, 1.54) is 55.8 Å². The van der Waals surface area contributed by atoms with Crippen LogP contribution in [0.3, 0.4) is 0 Å². The number of nitrogens with one attached hydrogen (secondary N) is 1. The number of non-ortho nitro benzene ring substituents is 2. The van der Waals surface area contributed by atoms with E-state index in [0.717, 1.165) is 0 Å². The lowest BCUT2D eigenvalue weighted by Gasteiger charge is -2.05. The number of nitro groups is 2. The van der Waals surface area contributed by atoms with Gasteiger partial charge in [-0.25, -0.2) is 5.43 Å². The van der Waals surface area contributed by atoms with Gasteiger partial charge in [-0.3, -0.25) is 25.0 Å². The molecule has 0 atom stereocenters. The number of carbonyl (C=O) groups is 1. The van der Waals surface area contributed by atoms with Crippen LogP contribution in [0.25, 0.3) is 0 Å². The van der Waals surface area contributed by atoms with Crippen LogP contribution in [0.4, 0.5) is 11.4 Å². The summed E-state index contributed by atoms with van der Waals surface area (Å²) in [6, 6.07) is 9.31. The zero-order valence-corrected chi connectivity index (χ0v) is 14.0. The summed E-state index contributed by atoms with van der Waals surface area (Å²) in [5.74, 6) is -0.128. The lowest BCUT2D eigenvalue weighted by molar-refractivity contribution is -0.385. The summed E-state index contributed by atoms with van der Waals surface area (Å²) in [6.07, 6.45) is 1.19. The molecule has 0 aliphatic rings. The molecule has 2 aromatic carbocycles. The Labute approximate surface area is 152 Å². The number of carbonyl (C=O) groups excluding carboxylic acids is 1. The molecule has 2 aromatic rings. The van der Waals surface area contributed by atoms with E-state index < -0.39 is 22.4 Å². The summed E-state index contributed by atoms with van der Waals surface area (Å²) < 4.78 is 10.2. The summed E-state index contributed by atoms with van der Waals surface area (Å²) in [5.41, 5.74) is 2.16. The molecule has 0 heterocycles. The predicted molar refractivity (Wildman–Crippen MR) is 94.0 cm³/mol. The SMILES string of the molecule is COc1ccc([N+](=O)[O-])cc1C=NNC(=O)COc1cccc([N+](=O)[O-])c1. The van der Waals surface area contributed by atoms with Crippen LogP contribution in [0, 0.1) is 20.2 Å². The Morgan fingerprint density at radius 1 is 1.15 bits per heavy atom. The van der Waals surface area contributed by atoms with E-state index in [4.69, 9.17) is 9.47 Å². The fourth-order valence-corrected chi connectivity index (χ4v) is 1.98. The average molecular weight is 374 g/mol. The molecule has 0 saturated heterocycles. The van der Waals surface area contributed by atoms with Crippen LogP contribution in [0.2, 0.25) is 0 Å². The van der Waals surface area contributed by atoms with E-state index in [2.05, 4.69) is 10.5 Å². The van der Waals surface area contributed by atoms with Crippen LogP contribution in [0.1, 0.15) is 5.56 Å². The largest absolute Gasteiger partial charge is 0.496 e. The van der Waals surface area contributed by atoms with Crippen LogP contribution >= 0.6 is 0 Å². The van der Waals surface area contributed by atoms with E-state index in [0.29, 0.717) is 11.3 Å². The minimum absolute atomic E-state index is 0.155. The number of hydrogen-bond acceptors (Lipinski definition) is 8. The molecule has 0 aromatic heterocycles. The molecule has 0 aliphatic carbocycles. The van der Waals surface area contributed by atoms with E-state index in [1.807, 2.05) is 0 Å². The molecular formula is C16H14N4O7. The molecule has 27 heavy (non-hydrogen) atoms. The molecule has 2 rings (SSSR count). The highest BCUT2D eigenvalue weighted by Gasteiger charge is 2.10. The summed E-state index contributed by atoms with van der Waals surface area (Å²) in [7, 11) is 1.39. The van der Waals surface area contributed by atoms with E-state index in [-0.39, 0.29) is 17.1 Å². The lowest BCUT2D eigenvalue weighted by atomic mass is 10.2. The monoisotopic (exact) mass is 374 g/mol. The Balaban J connectivity index is 1.95. The van der Waals surface area contributed by atoms with Gasteiger partial charge < -0.3 is 9.47 Å². The Hall–Kier alpha value is -4.02. The fourth-order valence-electron chi connectivity index (χ4n) is 1.98. The van der Waals surface area contributed by atoms with Gasteiger partial charge in [-0.1, -0.05) is 6.07 Å². The average Bonchev–Trinajstić information content (AvgIpc) is 2.66. The second kappa shape index (κ2) is 8.89. The van der Waals surface area contributed by atoms with Gasteiger partial charge in [0.2, 0.25) is 0 Å². The normalized spacial score (nSPS) is 10.4. The van der Waals surface area contributed by atoms with Gasteiger partial charge in [0.05, 0.1) is 29.2 Å². The van der Waals surface area contributed by atoms with Crippen molar-refractivity contribution in [3.05, 3.63) is 68.3 Å². The molecule has 0 radical (unpaired) electrons. The smallest absolute Gasteiger partial charge is 0.277 e. The predicted octanol–water partition coefficient (Wildman–Crippen LogP) is 2.04. The molecule has 0 saturated carbocycles. The van der Waals surface area contributed by atoms with E-state index >= 15 is 0 Å². The number of benzene rings is 2. The summed E-state index contributed by atoms with van der Waals surface area (Å²) >= 11 is 0. The molecular weight excluding hydrogens is 360 g/mol. The minimum Gasteiger partial charge on any atom is -0.496 e. The number of amides is 1. The maximum Gasteiger partial charge on any atom is 0.277 e. The third-order valence-corrected chi connectivity index (χ3v) is 3.22. The van der Waals surface area contributed by atoms with Crippen LogP contribution in [-0.4, -0.2) is 35.7 Å². The van der Waals surface area contributed by atoms with Crippen LogP contribution in [0.5, 0.6) is 11.5 Å². The molecule has 11 heteroatoms. The van der Waals surface area contributed by atoms with E-state index in [9.17, 15) is 25.0 Å². The zero-order valence-electron chi connectivity index (χ0n) is 14.0. The Morgan fingerprint density at radius 3 is 2.52 bits per heavy atom. The highest BCUT2D eigenvalue weighted by molar-refractivity contribution is 5.86. The maximum absolute atomic E-state index is 11.7. The van der Waals surface area contributed by atoms with Gasteiger partial charge in [0.1, 0.15) is 11.5 Å². The van der Waals surface area contributed by atoms with Crippen molar-refractivity contribution in [1.29, 1.82) is 0 Å². The Morgan fingerprint density at radius 2 is 1.85 bits per heavy atom. The lowest BCUT2D eigenvalue weighted by Crippen LogP contribution is -2.24. The first kappa shape index (κ1) is 19.3. The quantitative estimate of drug-likeness (QED) is 0.422. The molecule has 1 amide bonds. The van der Waals surface area contributed by atoms with Crippen molar-refractivity contribution in [2.24, 2.45) is 5.10 Å². The third-order valence-electron chi connectivity index (χ3n) is 3.22. The summed E-state index contributed by atoms with van der Waals surface area (Å²) in [6.45, 7) is -0.426. The highest BCUT2D eigenvalue weighted by atomic mass is 16.6. The van der Waals surface area contributed by atoms with Crippen LogP contribution in [0.15, 0.2) is 47.6 Å². The first-order valence-corrected chi connectivity index (χ1v) is 7.42. The van der Waals surface area contributed by atoms with Gasteiger partial charge in [0.15, 0.2) is 6.61 Å². The molecule has 0 aliphatic heterocycles. The number of methoxy groups -OCH3 is 1. The van der Waals surface area contributed by atoms with Gasteiger partial charge in [0.25, 0.3) is 17.3 Å². The Bertz CT molecular complexity index is 898. The molecule has 11 nitrogen and oxygen atoms in total. The first-order chi connectivity index (χ1) is 12.9. The molecule has 0 unspecified atom stereocenters. The molecule has 0 bridgehead atoms. The third kappa shape index (κ3) is 5.49. The number of nitrogens with zero attached hydrogens (tertiary/aromatic N) is 3. The minimum atomic E-state index is -0.623. The van der Waals surface area contributed by atoms with Crippen molar-refractivity contribution >= 4 is 23.5 Å². The number of hydrazone groups is 1. The maximum atomic E-state index is 11.7. The fraction of sp³-hybridized carbons (Fsp3) is 0.125. The standard InChI is InChI=1S/C16H14N4O7/c1-26-15-6-5-13(20(24)25)7-11(15)9-17-18-16(21)10-27-14-4-2-3-12(8-14)19(22)23/h2-9H,10H2,1H3,(H,18,21). The second-order valence-electron chi connectivity index (χ2n) is 5.02.